The average molecular weight is 434 g/mol. The van der Waals surface area contributed by atoms with Crippen molar-refractivity contribution in [3.05, 3.63) is 12.2 Å². The van der Waals surface area contributed by atoms with Crippen LogP contribution in [-0.4, -0.2) is 11.9 Å². The summed E-state index contributed by atoms with van der Waals surface area (Å²) in [6, 6.07) is 0. The first-order valence-electron chi connectivity index (χ1n) is 10.5. The molecule has 0 radical (unpaired) electrons. The molecule has 0 saturated carbocycles. The van der Waals surface area contributed by atoms with Gasteiger partial charge in [-0.15, -0.1) is 0 Å². The SMILES string of the molecule is C=C(C)C(=O)[O-].CCCCCCCCCCCCCCCCCC(=O)[O-].[Zn+2]. The Morgan fingerprint density at radius 3 is 1.15 bits per heavy atom. The Morgan fingerprint density at radius 1 is 0.667 bits per heavy atom. The van der Waals surface area contributed by atoms with Crippen molar-refractivity contribution in [1.29, 1.82) is 0 Å². The third-order valence-electron chi connectivity index (χ3n) is 4.33. The van der Waals surface area contributed by atoms with Gasteiger partial charge in [-0.2, -0.15) is 0 Å². The van der Waals surface area contributed by atoms with Crippen LogP contribution in [0.25, 0.3) is 0 Å². The summed E-state index contributed by atoms with van der Waals surface area (Å²) in [6.45, 7) is 6.74. The van der Waals surface area contributed by atoms with E-state index in [1.807, 2.05) is 0 Å². The third-order valence-corrected chi connectivity index (χ3v) is 4.33. The van der Waals surface area contributed by atoms with E-state index in [2.05, 4.69) is 13.5 Å². The van der Waals surface area contributed by atoms with Crippen molar-refractivity contribution in [1.82, 2.24) is 0 Å². The number of carboxylic acid groups (broad SMARTS) is 2. The van der Waals surface area contributed by atoms with E-state index in [-0.39, 0.29) is 31.5 Å². The minimum absolute atomic E-state index is 0. The minimum Gasteiger partial charge on any atom is -0.550 e. The van der Waals surface area contributed by atoms with Gasteiger partial charge in [0.2, 0.25) is 0 Å². The summed E-state index contributed by atoms with van der Waals surface area (Å²) in [7, 11) is 0. The molecule has 0 unspecified atom stereocenters. The Balaban J connectivity index is -0.000000709. The molecule has 0 saturated heterocycles. The maximum Gasteiger partial charge on any atom is 2.00 e. The molecule has 0 heterocycles. The van der Waals surface area contributed by atoms with Gasteiger partial charge in [0.1, 0.15) is 0 Å². The van der Waals surface area contributed by atoms with E-state index in [9.17, 15) is 19.8 Å². The fraction of sp³-hybridized carbons (Fsp3) is 0.818. The van der Waals surface area contributed by atoms with Crippen molar-refractivity contribution in [2.45, 2.75) is 117 Å². The van der Waals surface area contributed by atoms with Gasteiger partial charge in [0.05, 0.1) is 5.97 Å². The van der Waals surface area contributed by atoms with Gasteiger partial charge in [-0.1, -0.05) is 103 Å². The van der Waals surface area contributed by atoms with Crippen molar-refractivity contribution in [3.63, 3.8) is 0 Å². The Hall–Kier alpha value is -0.697. The van der Waals surface area contributed by atoms with E-state index in [1.165, 1.54) is 90.4 Å². The second-order valence-corrected chi connectivity index (χ2v) is 7.14. The van der Waals surface area contributed by atoms with E-state index in [0.717, 1.165) is 12.8 Å². The van der Waals surface area contributed by atoms with Gasteiger partial charge in [0.15, 0.2) is 0 Å². The number of hydrogen-bond donors (Lipinski definition) is 0. The van der Waals surface area contributed by atoms with Crippen LogP contribution in [0.5, 0.6) is 0 Å². The van der Waals surface area contributed by atoms with Crippen molar-refractivity contribution >= 4 is 11.9 Å². The summed E-state index contributed by atoms with van der Waals surface area (Å²) < 4.78 is 0. The number of unbranched alkanes of at least 4 members (excludes halogenated alkanes) is 14. The molecule has 0 aliphatic carbocycles. The van der Waals surface area contributed by atoms with Crippen LogP contribution >= 0.6 is 0 Å². The zero-order chi connectivity index (χ0) is 20.0. The van der Waals surface area contributed by atoms with Gasteiger partial charge in [0, 0.05) is 5.97 Å². The van der Waals surface area contributed by atoms with Gasteiger partial charge in [-0.3, -0.25) is 0 Å². The quantitative estimate of drug-likeness (QED) is 0.194. The first-order valence-corrected chi connectivity index (χ1v) is 10.5. The topological polar surface area (TPSA) is 80.3 Å². The molecule has 0 aliphatic heterocycles. The van der Waals surface area contributed by atoms with Crippen LogP contribution in [0.2, 0.25) is 0 Å². The second kappa shape index (κ2) is 25.3. The van der Waals surface area contributed by atoms with Crippen molar-refractivity contribution in [2.24, 2.45) is 0 Å². The van der Waals surface area contributed by atoms with Crippen LogP contribution < -0.4 is 10.2 Å². The molecule has 0 bridgehead atoms. The van der Waals surface area contributed by atoms with Crippen LogP contribution in [0.4, 0.5) is 0 Å². The maximum atomic E-state index is 10.2. The largest absolute Gasteiger partial charge is 2.00 e. The number of hydrogen-bond acceptors (Lipinski definition) is 4. The fourth-order valence-corrected chi connectivity index (χ4v) is 2.64. The normalized spacial score (nSPS) is 9.70. The van der Waals surface area contributed by atoms with Crippen LogP contribution in [0, 0.1) is 0 Å². The molecule has 27 heavy (non-hydrogen) atoms. The van der Waals surface area contributed by atoms with Crippen LogP contribution in [0.3, 0.4) is 0 Å². The zero-order valence-electron chi connectivity index (χ0n) is 17.9. The smallest absolute Gasteiger partial charge is 0.550 e. The summed E-state index contributed by atoms with van der Waals surface area (Å²) in [5.74, 6) is -2.09. The molecule has 0 N–H and O–H groups in total. The standard InChI is InChI=1S/C18H36O2.C4H6O2.Zn/c1-2-3-4-5-6-7-8-9-10-11-12-13-14-15-16-17-18(19)20;1-3(2)4(5)6;/h2-17H2,1H3,(H,19,20);1H2,2H3,(H,5,6);/q;;+2/p-2. The van der Waals surface area contributed by atoms with Gasteiger partial charge in [-0.25, -0.2) is 0 Å². The monoisotopic (exact) mass is 432 g/mol. The summed E-state index contributed by atoms with van der Waals surface area (Å²) in [5.41, 5.74) is 0.0648. The third kappa shape index (κ3) is 33.3. The van der Waals surface area contributed by atoms with E-state index in [1.54, 1.807) is 0 Å². The molecule has 0 amide bonds. The Bertz CT molecular complexity index is 344. The van der Waals surface area contributed by atoms with Gasteiger partial charge < -0.3 is 19.8 Å². The molecule has 5 heteroatoms. The summed E-state index contributed by atoms with van der Waals surface area (Å²) >= 11 is 0. The first-order chi connectivity index (χ1) is 12.4. The molecule has 0 atom stereocenters. The molecule has 0 aromatic heterocycles. The Labute approximate surface area is 180 Å². The molecule has 0 rings (SSSR count). The number of carbonyl (C=O) groups excluding carboxylic acids is 2. The fourth-order valence-electron chi connectivity index (χ4n) is 2.64. The number of aliphatic carboxylic acids is 2. The molecular formula is C22H40O4Zn. The summed E-state index contributed by atoms with van der Waals surface area (Å²) in [5, 5.41) is 19.7. The molecule has 0 fully saturated rings. The minimum atomic E-state index is -1.19. The number of carbonyl (C=O) groups is 2. The summed E-state index contributed by atoms with van der Waals surface area (Å²) in [4.78, 5) is 19.7. The second-order valence-electron chi connectivity index (χ2n) is 7.14. The predicted molar refractivity (Wildman–Crippen MR) is 104 cm³/mol. The molecule has 0 aliphatic rings. The molecular weight excluding hydrogens is 394 g/mol. The average Bonchev–Trinajstić information content (AvgIpc) is 2.58. The van der Waals surface area contributed by atoms with Gasteiger partial charge >= 0.3 is 19.5 Å². The molecule has 4 nitrogen and oxygen atoms in total. The Morgan fingerprint density at radius 2 is 0.926 bits per heavy atom. The first kappa shape index (κ1) is 31.0. The Kier molecular flexibility index (Phi) is 29.1. The van der Waals surface area contributed by atoms with Crippen molar-refractivity contribution in [2.75, 3.05) is 0 Å². The predicted octanol–water partition coefficient (Wildman–Crippen LogP) is 4.31. The van der Waals surface area contributed by atoms with E-state index < -0.39 is 11.9 Å². The maximum absolute atomic E-state index is 10.2. The zero-order valence-corrected chi connectivity index (χ0v) is 20.8. The van der Waals surface area contributed by atoms with Gasteiger partial charge in [0.25, 0.3) is 0 Å². The summed E-state index contributed by atoms with van der Waals surface area (Å²) in [6.07, 6.45) is 19.9. The van der Waals surface area contributed by atoms with Crippen LogP contribution in [0.1, 0.15) is 117 Å². The van der Waals surface area contributed by atoms with Crippen molar-refractivity contribution < 1.29 is 39.3 Å². The van der Waals surface area contributed by atoms with Crippen LogP contribution in [-0.2, 0) is 29.1 Å². The molecule has 0 spiro atoms. The molecule has 154 valence electrons. The van der Waals surface area contributed by atoms with E-state index in [4.69, 9.17) is 0 Å². The van der Waals surface area contributed by atoms with Crippen molar-refractivity contribution in [3.8, 4) is 0 Å². The van der Waals surface area contributed by atoms with E-state index >= 15 is 0 Å². The number of carboxylic acids is 2. The number of rotatable bonds is 17. The van der Waals surface area contributed by atoms with E-state index in [0.29, 0.717) is 0 Å². The molecule has 0 aromatic carbocycles. The van der Waals surface area contributed by atoms with Gasteiger partial charge in [-0.05, 0) is 25.3 Å². The molecule has 0 aromatic rings. The van der Waals surface area contributed by atoms with Crippen LogP contribution in [0.15, 0.2) is 12.2 Å².